The zero-order chi connectivity index (χ0) is 13.0. The number of anilines is 1. The first-order valence-corrected chi connectivity index (χ1v) is 6.73. The van der Waals surface area contributed by atoms with Gasteiger partial charge in [-0.3, -0.25) is 0 Å². The molecule has 0 bridgehead atoms. The van der Waals surface area contributed by atoms with Gasteiger partial charge in [0.1, 0.15) is 18.2 Å². The molecule has 2 aromatic carbocycles. The molecule has 94 valence electrons. The summed E-state index contributed by atoms with van der Waals surface area (Å²) >= 11 is 1.62. The Kier molecular flexibility index (Phi) is 4.10. The molecule has 0 aliphatic rings. The number of ether oxygens (including phenoxy) is 1. The van der Waals surface area contributed by atoms with Gasteiger partial charge in [-0.05, 0) is 36.1 Å². The molecular formula is C14H14FNOS. The van der Waals surface area contributed by atoms with Crippen molar-refractivity contribution in [2.45, 2.75) is 11.5 Å². The number of para-hydroxylation sites is 1. The Morgan fingerprint density at radius 3 is 2.72 bits per heavy atom. The lowest BCUT2D eigenvalue weighted by Gasteiger charge is -2.10. The summed E-state index contributed by atoms with van der Waals surface area (Å²) in [6.45, 7) is 0.328. The number of hydrogen-bond acceptors (Lipinski definition) is 3. The number of hydrogen-bond donors (Lipinski definition) is 1. The van der Waals surface area contributed by atoms with Gasteiger partial charge in [0.25, 0.3) is 0 Å². The van der Waals surface area contributed by atoms with E-state index in [1.807, 2.05) is 30.5 Å². The van der Waals surface area contributed by atoms with Crippen LogP contribution >= 0.6 is 11.8 Å². The van der Waals surface area contributed by atoms with Crippen LogP contribution in [0.2, 0.25) is 0 Å². The van der Waals surface area contributed by atoms with Crippen molar-refractivity contribution in [3.63, 3.8) is 0 Å². The molecule has 4 heteroatoms. The molecule has 0 heterocycles. The Morgan fingerprint density at radius 1 is 1.22 bits per heavy atom. The molecule has 18 heavy (non-hydrogen) atoms. The number of rotatable bonds is 4. The summed E-state index contributed by atoms with van der Waals surface area (Å²) in [5.41, 5.74) is 6.34. The van der Waals surface area contributed by atoms with Crippen molar-refractivity contribution in [1.82, 2.24) is 0 Å². The molecule has 0 saturated heterocycles. The number of nitrogens with two attached hydrogens (primary N) is 1. The van der Waals surface area contributed by atoms with Gasteiger partial charge in [0, 0.05) is 4.90 Å². The van der Waals surface area contributed by atoms with Crippen LogP contribution in [0.4, 0.5) is 10.1 Å². The van der Waals surface area contributed by atoms with E-state index in [1.165, 1.54) is 6.07 Å². The lowest BCUT2D eigenvalue weighted by Crippen LogP contribution is -1.98. The van der Waals surface area contributed by atoms with Crippen LogP contribution in [-0.2, 0) is 6.61 Å². The van der Waals surface area contributed by atoms with Gasteiger partial charge in [0.2, 0.25) is 0 Å². The van der Waals surface area contributed by atoms with Crippen LogP contribution in [-0.4, -0.2) is 6.26 Å². The zero-order valence-electron chi connectivity index (χ0n) is 10.0. The van der Waals surface area contributed by atoms with Gasteiger partial charge < -0.3 is 10.5 Å². The normalized spacial score (nSPS) is 10.3. The first kappa shape index (κ1) is 12.8. The van der Waals surface area contributed by atoms with Crippen molar-refractivity contribution in [3.8, 4) is 5.75 Å². The lowest BCUT2D eigenvalue weighted by molar-refractivity contribution is 0.298. The minimum atomic E-state index is -0.408. The van der Waals surface area contributed by atoms with Crippen LogP contribution < -0.4 is 10.5 Å². The van der Waals surface area contributed by atoms with Gasteiger partial charge in [0.15, 0.2) is 0 Å². The van der Waals surface area contributed by atoms with Gasteiger partial charge in [0.05, 0.1) is 5.69 Å². The predicted octanol–water partition coefficient (Wildman–Crippen LogP) is 3.71. The van der Waals surface area contributed by atoms with E-state index in [1.54, 1.807) is 23.9 Å². The minimum Gasteiger partial charge on any atom is -0.488 e. The molecule has 0 aromatic heterocycles. The Morgan fingerprint density at radius 2 is 2.00 bits per heavy atom. The highest BCUT2D eigenvalue weighted by molar-refractivity contribution is 7.98. The molecule has 0 fully saturated rings. The first-order valence-electron chi connectivity index (χ1n) is 5.50. The van der Waals surface area contributed by atoms with Gasteiger partial charge in [-0.25, -0.2) is 4.39 Å². The SMILES string of the molecule is CSc1ccccc1OCc1ccc(N)c(F)c1. The zero-order valence-corrected chi connectivity index (χ0v) is 10.8. The quantitative estimate of drug-likeness (QED) is 0.674. The standard InChI is InChI=1S/C14H14FNOS/c1-18-14-5-3-2-4-13(14)17-9-10-6-7-12(16)11(15)8-10/h2-8H,9,16H2,1H3. The highest BCUT2D eigenvalue weighted by Gasteiger charge is 2.04. The maximum atomic E-state index is 13.3. The second kappa shape index (κ2) is 5.78. The van der Waals surface area contributed by atoms with Crippen LogP contribution in [0.5, 0.6) is 5.75 Å². The van der Waals surface area contributed by atoms with Crippen molar-refractivity contribution in [3.05, 3.63) is 53.8 Å². The Bertz CT molecular complexity index is 545. The average molecular weight is 263 g/mol. The summed E-state index contributed by atoms with van der Waals surface area (Å²) < 4.78 is 18.9. The molecule has 0 aliphatic carbocycles. The fraction of sp³-hybridized carbons (Fsp3) is 0.143. The van der Waals surface area contributed by atoms with E-state index in [0.717, 1.165) is 16.2 Å². The fourth-order valence-corrected chi connectivity index (χ4v) is 2.10. The number of nitrogen functional groups attached to an aromatic ring is 1. The van der Waals surface area contributed by atoms with Crippen molar-refractivity contribution in [2.24, 2.45) is 0 Å². The van der Waals surface area contributed by atoms with E-state index >= 15 is 0 Å². The monoisotopic (exact) mass is 263 g/mol. The molecular weight excluding hydrogens is 249 g/mol. The molecule has 0 radical (unpaired) electrons. The summed E-state index contributed by atoms with van der Waals surface area (Å²) in [7, 11) is 0. The summed E-state index contributed by atoms with van der Waals surface area (Å²) in [5, 5.41) is 0. The maximum absolute atomic E-state index is 13.3. The van der Waals surface area contributed by atoms with Gasteiger partial charge in [-0.15, -0.1) is 11.8 Å². The fourth-order valence-electron chi connectivity index (χ4n) is 1.56. The number of benzene rings is 2. The third-order valence-electron chi connectivity index (χ3n) is 2.53. The Labute approximate surface area is 110 Å². The van der Waals surface area contributed by atoms with Crippen LogP contribution in [0.25, 0.3) is 0 Å². The Hall–Kier alpha value is -1.68. The molecule has 2 N–H and O–H groups in total. The van der Waals surface area contributed by atoms with Crippen LogP contribution in [0.15, 0.2) is 47.4 Å². The van der Waals surface area contributed by atoms with E-state index in [-0.39, 0.29) is 5.69 Å². The second-order valence-electron chi connectivity index (χ2n) is 3.80. The minimum absolute atomic E-state index is 0.156. The van der Waals surface area contributed by atoms with Gasteiger partial charge >= 0.3 is 0 Å². The van der Waals surface area contributed by atoms with Crippen LogP contribution in [0.1, 0.15) is 5.56 Å². The average Bonchev–Trinajstić information content (AvgIpc) is 2.40. The highest BCUT2D eigenvalue weighted by atomic mass is 32.2. The molecule has 2 nitrogen and oxygen atoms in total. The van der Waals surface area contributed by atoms with E-state index in [0.29, 0.717) is 6.61 Å². The van der Waals surface area contributed by atoms with Gasteiger partial charge in [-0.1, -0.05) is 18.2 Å². The van der Waals surface area contributed by atoms with E-state index in [9.17, 15) is 4.39 Å². The van der Waals surface area contributed by atoms with E-state index in [2.05, 4.69) is 0 Å². The third-order valence-corrected chi connectivity index (χ3v) is 3.31. The third kappa shape index (κ3) is 2.96. The van der Waals surface area contributed by atoms with Gasteiger partial charge in [-0.2, -0.15) is 0 Å². The molecule has 0 atom stereocenters. The second-order valence-corrected chi connectivity index (χ2v) is 4.64. The molecule has 0 amide bonds. The van der Waals surface area contributed by atoms with Crippen LogP contribution in [0, 0.1) is 5.82 Å². The predicted molar refractivity (Wildman–Crippen MR) is 73.4 cm³/mol. The number of halogens is 1. The highest BCUT2D eigenvalue weighted by Crippen LogP contribution is 2.27. The molecule has 0 saturated carbocycles. The van der Waals surface area contributed by atoms with Crippen molar-refractivity contribution in [1.29, 1.82) is 0 Å². The van der Waals surface area contributed by atoms with Crippen molar-refractivity contribution in [2.75, 3.05) is 12.0 Å². The van der Waals surface area contributed by atoms with Crippen LogP contribution in [0.3, 0.4) is 0 Å². The largest absolute Gasteiger partial charge is 0.488 e. The Balaban J connectivity index is 2.09. The lowest BCUT2D eigenvalue weighted by atomic mass is 10.2. The summed E-state index contributed by atoms with van der Waals surface area (Å²) in [6, 6.07) is 12.5. The first-order chi connectivity index (χ1) is 8.70. The molecule has 2 rings (SSSR count). The van der Waals surface area contributed by atoms with Crippen molar-refractivity contribution < 1.29 is 9.13 Å². The smallest absolute Gasteiger partial charge is 0.146 e. The summed E-state index contributed by atoms with van der Waals surface area (Å²) in [6.07, 6.45) is 1.99. The molecule has 0 spiro atoms. The number of thioether (sulfide) groups is 1. The van der Waals surface area contributed by atoms with E-state index < -0.39 is 5.82 Å². The molecule has 0 aliphatic heterocycles. The molecule has 2 aromatic rings. The van der Waals surface area contributed by atoms with E-state index in [4.69, 9.17) is 10.5 Å². The maximum Gasteiger partial charge on any atom is 0.146 e. The molecule has 0 unspecified atom stereocenters. The summed E-state index contributed by atoms with van der Waals surface area (Å²) in [4.78, 5) is 1.06. The summed E-state index contributed by atoms with van der Waals surface area (Å²) in [5.74, 6) is 0.400. The van der Waals surface area contributed by atoms with Crippen molar-refractivity contribution >= 4 is 17.4 Å². The topological polar surface area (TPSA) is 35.2 Å².